The molecule has 0 radical (unpaired) electrons. The fourth-order valence-electron chi connectivity index (χ4n) is 3.86. The summed E-state index contributed by atoms with van der Waals surface area (Å²) in [6, 6.07) is 5.60. The Labute approximate surface area is 156 Å². The van der Waals surface area contributed by atoms with Gasteiger partial charge in [0, 0.05) is 16.9 Å². The molecule has 2 aliphatic rings. The second kappa shape index (κ2) is 6.89. The SMILES string of the molecule is COc1ccc(OC)c(-c2csc(NC(=O)C3CC34CCNCC4)n2)c1. The van der Waals surface area contributed by atoms with Crippen LogP contribution in [0, 0.1) is 11.3 Å². The number of anilines is 1. The van der Waals surface area contributed by atoms with Crippen molar-refractivity contribution < 1.29 is 14.3 Å². The molecule has 26 heavy (non-hydrogen) atoms. The summed E-state index contributed by atoms with van der Waals surface area (Å²) in [6.07, 6.45) is 3.19. The molecule has 2 aromatic rings. The number of carbonyl (C=O) groups is 1. The Kier molecular flexibility index (Phi) is 4.58. The van der Waals surface area contributed by atoms with Crippen molar-refractivity contribution in [2.75, 3.05) is 32.6 Å². The van der Waals surface area contributed by atoms with Crippen molar-refractivity contribution in [2.45, 2.75) is 19.3 Å². The van der Waals surface area contributed by atoms with Crippen LogP contribution in [0.4, 0.5) is 5.13 Å². The molecule has 1 aromatic heterocycles. The standard InChI is InChI=1S/C19H23N3O3S/c1-24-12-3-4-16(25-2)13(9-12)15-11-26-18(21-15)22-17(23)14-10-19(14)5-7-20-8-6-19/h3-4,9,11,14,20H,5-8,10H2,1-2H3,(H,21,22,23). The van der Waals surface area contributed by atoms with Crippen LogP contribution in [0.1, 0.15) is 19.3 Å². The highest BCUT2D eigenvalue weighted by Crippen LogP contribution is 2.58. The highest BCUT2D eigenvalue weighted by Gasteiger charge is 2.57. The van der Waals surface area contributed by atoms with Crippen molar-refractivity contribution in [3.8, 4) is 22.8 Å². The van der Waals surface area contributed by atoms with Gasteiger partial charge in [-0.3, -0.25) is 4.79 Å². The van der Waals surface area contributed by atoms with Gasteiger partial charge in [-0.05, 0) is 56.0 Å². The number of nitrogens with zero attached hydrogens (tertiary/aromatic N) is 1. The molecule has 1 aliphatic heterocycles. The van der Waals surface area contributed by atoms with Gasteiger partial charge in [0.15, 0.2) is 5.13 Å². The molecule has 1 saturated heterocycles. The quantitative estimate of drug-likeness (QED) is 0.842. The van der Waals surface area contributed by atoms with Gasteiger partial charge in [0.1, 0.15) is 11.5 Å². The Morgan fingerprint density at radius 3 is 2.85 bits per heavy atom. The topological polar surface area (TPSA) is 72.5 Å². The Bertz CT molecular complexity index is 814. The number of thiazole rings is 1. The summed E-state index contributed by atoms with van der Waals surface area (Å²) < 4.78 is 10.7. The van der Waals surface area contributed by atoms with Gasteiger partial charge in [0.2, 0.25) is 5.91 Å². The summed E-state index contributed by atoms with van der Waals surface area (Å²) in [4.78, 5) is 17.2. The van der Waals surface area contributed by atoms with Crippen LogP contribution in [0.25, 0.3) is 11.3 Å². The average molecular weight is 373 g/mol. The Balaban J connectivity index is 1.48. The van der Waals surface area contributed by atoms with E-state index < -0.39 is 0 Å². The summed E-state index contributed by atoms with van der Waals surface area (Å²) in [5.41, 5.74) is 1.85. The maximum absolute atomic E-state index is 12.6. The van der Waals surface area contributed by atoms with Crippen molar-refractivity contribution in [3.05, 3.63) is 23.6 Å². The van der Waals surface area contributed by atoms with Crippen LogP contribution in [0.5, 0.6) is 11.5 Å². The molecule has 0 bridgehead atoms. The largest absolute Gasteiger partial charge is 0.497 e. The molecule has 1 aromatic carbocycles. The first kappa shape index (κ1) is 17.3. The van der Waals surface area contributed by atoms with Crippen LogP contribution >= 0.6 is 11.3 Å². The van der Waals surface area contributed by atoms with E-state index in [1.165, 1.54) is 11.3 Å². The van der Waals surface area contributed by atoms with E-state index in [0.717, 1.165) is 55.1 Å². The molecule has 1 spiro atoms. The summed E-state index contributed by atoms with van der Waals surface area (Å²) in [5, 5.41) is 8.94. The van der Waals surface area contributed by atoms with E-state index in [9.17, 15) is 4.79 Å². The van der Waals surface area contributed by atoms with Crippen LogP contribution < -0.4 is 20.1 Å². The number of methoxy groups -OCH3 is 2. The fraction of sp³-hybridized carbons (Fsp3) is 0.474. The van der Waals surface area contributed by atoms with Gasteiger partial charge in [-0.2, -0.15) is 0 Å². The number of amides is 1. The molecule has 2 heterocycles. The normalized spacial score (nSPS) is 20.6. The molecule has 1 saturated carbocycles. The van der Waals surface area contributed by atoms with Gasteiger partial charge in [0.05, 0.1) is 19.9 Å². The van der Waals surface area contributed by atoms with Crippen molar-refractivity contribution in [1.82, 2.24) is 10.3 Å². The number of piperidine rings is 1. The molecule has 2 fully saturated rings. The van der Waals surface area contributed by atoms with E-state index in [1.807, 2.05) is 23.6 Å². The van der Waals surface area contributed by atoms with Crippen LogP contribution in [0.2, 0.25) is 0 Å². The van der Waals surface area contributed by atoms with Crippen molar-refractivity contribution in [3.63, 3.8) is 0 Å². The van der Waals surface area contributed by atoms with Crippen LogP contribution in [-0.4, -0.2) is 38.2 Å². The predicted octanol–water partition coefficient (Wildman–Crippen LogP) is 3.16. The van der Waals surface area contributed by atoms with Gasteiger partial charge in [-0.25, -0.2) is 4.98 Å². The minimum atomic E-state index is 0.102. The second-order valence-electron chi connectivity index (χ2n) is 6.96. The lowest BCUT2D eigenvalue weighted by atomic mass is 9.92. The number of benzene rings is 1. The average Bonchev–Trinajstić information content (AvgIpc) is 3.16. The van der Waals surface area contributed by atoms with Crippen LogP contribution in [-0.2, 0) is 4.79 Å². The first-order valence-electron chi connectivity index (χ1n) is 8.85. The Morgan fingerprint density at radius 1 is 1.31 bits per heavy atom. The molecule has 1 atom stereocenters. The summed E-state index contributed by atoms with van der Waals surface area (Å²) in [7, 11) is 3.26. The van der Waals surface area contributed by atoms with E-state index in [-0.39, 0.29) is 17.2 Å². The third-order valence-electron chi connectivity index (χ3n) is 5.52. The molecule has 6 nitrogen and oxygen atoms in total. The van der Waals surface area contributed by atoms with Gasteiger partial charge in [0.25, 0.3) is 0 Å². The van der Waals surface area contributed by atoms with E-state index in [1.54, 1.807) is 14.2 Å². The maximum Gasteiger partial charge on any atom is 0.229 e. The van der Waals surface area contributed by atoms with Gasteiger partial charge < -0.3 is 20.1 Å². The molecule has 138 valence electrons. The maximum atomic E-state index is 12.6. The first-order valence-corrected chi connectivity index (χ1v) is 9.73. The summed E-state index contributed by atoms with van der Waals surface area (Å²) in [5.74, 6) is 1.70. The Morgan fingerprint density at radius 2 is 2.12 bits per heavy atom. The lowest BCUT2D eigenvalue weighted by Crippen LogP contribution is -2.31. The molecular weight excluding hydrogens is 350 g/mol. The van der Waals surface area contributed by atoms with Gasteiger partial charge in [-0.1, -0.05) is 0 Å². The summed E-state index contributed by atoms with van der Waals surface area (Å²) in [6.45, 7) is 2.03. The van der Waals surface area contributed by atoms with Gasteiger partial charge >= 0.3 is 0 Å². The molecular formula is C19H23N3O3S. The van der Waals surface area contributed by atoms with Crippen molar-refractivity contribution >= 4 is 22.4 Å². The zero-order valence-corrected chi connectivity index (χ0v) is 15.8. The van der Waals surface area contributed by atoms with Crippen molar-refractivity contribution in [2.24, 2.45) is 11.3 Å². The number of carbonyl (C=O) groups excluding carboxylic acids is 1. The smallest absolute Gasteiger partial charge is 0.229 e. The van der Waals surface area contributed by atoms with Crippen LogP contribution in [0.15, 0.2) is 23.6 Å². The van der Waals surface area contributed by atoms with Crippen molar-refractivity contribution in [1.29, 1.82) is 0 Å². The second-order valence-corrected chi connectivity index (χ2v) is 7.82. The third-order valence-corrected chi connectivity index (χ3v) is 6.28. The number of hydrogen-bond donors (Lipinski definition) is 2. The molecule has 1 unspecified atom stereocenters. The highest BCUT2D eigenvalue weighted by molar-refractivity contribution is 7.14. The molecule has 1 aliphatic carbocycles. The van der Waals surface area contributed by atoms with E-state index in [0.29, 0.717) is 5.13 Å². The number of aromatic nitrogens is 1. The van der Waals surface area contributed by atoms with Crippen LogP contribution in [0.3, 0.4) is 0 Å². The summed E-state index contributed by atoms with van der Waals surface area (Å²) >= 11 is 1.43. The number of hydrogen-bond acceptors (Lipinski definition) is 6. The minimum absolute atomic E-state index is 0.102. The predicted molar refractivity (Wildman–Crippen MR) is 102 cm³/mol. The van der Waals surface area contributed by atoms with E-state index >= 15 is 0 Å². The highest BCUT2D eigenvalue weighted by atomic mass is 32.1. The molecule has 7 heteroatoms. The van der Waals surface area contributed by atoms with Gasteiger partial charge in [-0.15, -0.1) is 11.3 Å². The third kappa shape index (κ3) is 3.17. The Hall–Kier alpha value is -2.12. The lowest BCUT2D eigenvalue weighted by molar-refractivity contribution is -0.118. The van der Waals surface area contributed by atoms with E-state index in [2.05, 4.69) is 15.6 Å². The molecule has 2 N–H and O–H groups in total. The zero-order valence-electron chi connectivity index (χ0n) is 15.0. The monoisotopic (exact) mass is 373 g/mol. The molecule has 4 rings (SSSR count). The number of rotatable bonds is 5. The van der Waals surface area contributed by atoms with E-state index in [4.69, 9.17) is 9.47 Å². The lowest BCUT2D eigenvalue weighted by Gasteiger charge is -2.22. The number of ether oxygens (including phenoxy) is 2. The first-order chi connectivity index (χ1) is 12.6. The minimum Gasteiger partial charge on any atom is -0.497 e. The number of nitrogens with one attached hydrogen (secondary N) is 2. The fourth-order valence-corrected chi connectivity index (χ4v) is 4.57. The molecule has 1 amide bonds. The zero-order chi connectivity index (χ0) is 18.1.